The largest absolute Gasteiger partial charge is 0.389 e. The van der Waals surface area contributed by atoms with E-state index in [4.69, 9.17) is 4.74 Å². The first-order chi connectivity index (χ1) is 7.70. The Labute approximate surface area is 99.6 Å². The molecule has 1 saturated carbocycles. The average molecular weight is 229 g/mol. The first-order valence-electron chi connectivity index (χ1n) is 6.62. The fraction of sp³-hybridized carbons (Fsp3) is 1.00. The summed E-state index contributed by atoms with van der Waals surface area (Å²) in [7, 11) is 1.70. The van der Waals surface area contributed by atoms with Gasteiger partial charge in [-0.05, 0) is 31.6 Å². The molecule has 0 amide bonds. The van der Waals surface area contributed by atoms with Crippen LogP contribution in [-0.2, 0) is 4.74 Å². The summed E-state index contributed by atoms with van der Waals surface area (Å²) in [5.74, 6) is 0.851. The average Bonchev–Trinajstić information content (AvgIpc) is 2.29. The third-order valence-corrected chi connectivity index (χ3v) is 3.67. The fourth-order valence-electron chi connectivity index (χ4n) is 2.58. The lowest BCUT2D eigenvalue weighted by molar-refractivity contribution is -0.00997. The molecule has 2 N–H and O–H groups in total. The molecule has 3 heteroatoms. The van der Waals surface area contributed by atoms with Gasteiger partial charge in [0.25, 0.3) is 0 Å². The molecular weight excluding hydrogens is 202 g/mol. The third-order valence-electron chi connectivity index (χ3n) is 3.67. The monoisotopic (exact) mass is 229 g/mol. The summed E-state index contributed by atoms with van der Waals surface area (Å²) in [5, 5.41) is 13.6. The van der Waals surface area contributed by atoms with Crippen molar-refractivity contribution < 1.29 is 9.84 Å². The van der Waals surface area contributed by atoms with E-state index in [9.17, 15) is 5.11 Å². The first-order valence-corrected chi connectivity index (χ1v) is 6.62. The van der Waals surface area contributed by atoms with Crippen molar-refractivity contribution in [2.24, 2.45) is 5.92 Å². The van der Waals surface area contributed by atoms with Crippen LogP contribution in [0.25, 0.3) is 0 Å². The van der Waals surface area contributed by atoms with E-state index in [1.54, 1.807) is 7.11 Å². The van der Waals surface area contributed by atoms with Crippen molar-refractivity contribution in [3.63, 3.8) is 0 Å². The highest BCUT2D eigenvalue weighted by molar-refractivity contribution is 4.87. The van der Waals surface area contributed by atoms with Crippen LogP contribution in [0.4, 0.5) is 0 Å². The van der Waals surface area contributed by atoms with Gasteiger partial charge in [0.05, 0.1) is 12.2 Å². The summed E-state index contributed by atoms with van der Waals surface area (Å²) < 4.78 is 4.97. The van der Waals surface area contributed by atoms with Crippen molar-refractivity contribution in [3.05, 3.63) is 0 Å². The maximum absolute atomic E-state index is 10.4. The van der Waals surface area contributed by atoms with Gasteiger partial charge in [-0.3, -0.25) is 0 Å². The van der Waals surface area contributed by atoms with Gasteiger partial charge >= 0.3 is 0 Å². The summed E-state index contributed by atoms with van der Waals surface area (Å²) >= 11 is 0. The van der Waals surface area contributed by atoms with E-state index in [0.29, 0.717) is 6.61 Å². The van der Waals surface area contributed by atoms with Crippen molar-refractivity contribution in [3.8, 4) is 0 Å². The van der Waals surface area contributed by atoms with Gasteiger partial charge in [0.15, 0.2) is 0 Å². The minimum absolute atomic E-state index is 0.460. The summed E-state index contributed by atoms with van der Waals surface area (Å²) in [4.78, 5) is 0. The van der Waals surface area contributed by atoms with E-state index in [-0.39, 0.29) is 0 Å². The lowest BCUT2D eigenvalue weighted by atomic mass is 9.77. The highest BCUT2D eigenvalue weighted by Crippen LogP contribution is 2.33. The number of nitrogens with one attached hydrogen (secondary N) is 1. The fourth-order valence-corrected chi connectivity index (χ4v) is 2.58. The van der Waals surface area contributed by atoms with Crippen molar-refractivity contribution >= 4 is 0 Å². The zero-order chi connectivity index (χ0) is 11.9. The van der Waals surface area contributed by atoms with Crippen molar-refractivity contribution in [1.82, 2.24) is 5.32 Å². The van der Waals surface area contributed by atoms with Crippen LogP contribution in [0, 0.1) is 5.92 Å². The van der Waals surface area contributed by atoms with Gasteiger partial charge in [0.2, 0.25) is 0 Å². The zero-order valence-corrected chi connectivity index (χ0v) is 10.8. The van der Waals surface area contributed by atoms with E-state index in [0.717, 1.165) is 31.8 Å². The number of methoxy groups -OCH3 is 1. The molecule has 1 aliphatic rings. The smallest absolute Gasteiger partial charge is 0.0771 e. The molecule has 16 heavy (non-hydrogen) atoms. The Kier molecular flexibility index (Phi) is 6.32. The van der Waals surface area contributed by atoms with Gasteiger partial charge in [0, 0.05) is 20.2 Å². The molecule has 0 radical (unpaired) electrons. The van der Waals surface area contributed by atoms with Crippen LogP contribution in [0.5, 0.6) is 0 Å². The number of hydrogen-bond acceptors (Lipinski definition) is 3. The molecule has 96 valence electrons. The molecule has 1 fully saturated rings. The predicted octanol–water partition coefficient (Wildman–Crippen LogP) is 1.94. The second kappa shape index (κ2) is 7.25. The van der Waals surface area contributed by atoms with Crippen LogP contribution in [0.1, 0.15) is 45.4 Å². The van der Waals surface area contributed by atoms with Gasteiger partial charge in [-0.25, -0.2) is 0 Å². The summed E-state index contributed by atoms with van der Waals surface area (Å²) in [6.45, 7) is 4.51. The number of hydrogen-bond donors (Lipinski definition) is 2. The van der Waals surface area contributed by atoms with Gasteiger partial charge < -0.3 is 15.2 Å². The molecule has 0 heterocycles. The van der Waals surface area contributed by atoms with E-state index in [1.807, 2.05) is 0 Å². The summed E-state index contributed by atoms with van der Waals surface area (Å²) in [5.41, 5.74) is -0.460. The lowest BCUT2D eigenvalue weighted by Crippen LogP contribution is -2.44. The van der Waals surface area contributed by atoms with Gasteiger partial charge in [-0.1, -0.05) is 19.8 Å². The standard InChI is InChI=1S/C13H27NO2/c1-3-4-12-5-7-13(15,8-6-12)11-14-9-10-16-2/h12,14-15H,3-11H2,1-2H3. The molecule has 0 bridgehead atoms. The topological polar surface area (TPSA) is 41.5 Å². The Hall–Kier alpha value is -0.120. The van der Waals surface area contributed by atoms with Crippen molar-refractivity contribution in [2.75, 3.05) is 26.8 Å². The first kappa shape index (κ1) is 13.9. The molecule has 0 aliphatic heterocycles. The van der Waals surface area contributed by atoms with E-state index in [1.165, 1.54) is 25.7 Å². The lowest BCUT2D eigenvalue weighted by Gasteiger charge is -2.36. The number of ether oxygens (including phenoxy) is 1. The minimum atomic E-state index is -0.460. The SMILES string of the molecule is CCCC1CCC(O)(CNCCOC)CC1. The number of rotatable bonds is 7. The Morgan fingerprint density at radius 2 is 2.06 bits per heavy atom. The van der Waals surface area contributed by atoms with Gasteiger partial charge in [-0.15, -0.1) is 0 Å². The van der Waals surface area contributed by atoms with Crippen molar-refractivity contribution in [1.29, 1.82) is 0 Å². The van der Waals surface area contributed by atoms with Crippen LogP contribution in [0.3, 0.4) is 0 Å². The highest BCUT2D eigenvalue weighted by atomic mass is 16.5. The van der Waals surface area contributed by atoms with Gasteiger partial charge in [0.1, 0.15) is 0 Å². The Bertz CT molecular complexity index is 171. The Morgan fingerprint density at radius 1 is 1.38 bits per heavy atom. The van der Waals surface area contributed by atoms with Crippen LogP contribution in [0.2, 0.25) is 0 Å². The number of aliphatic hydroxyl groups is 1. The summed E-state index contributed by atoms with van der Waals surface area (Å²) in [6.07, 6.45) is 6.89. The van der Waals surface area contributed by atoms with Crippen LogP contribution in [-0.4, -0.2) is 37.5 Å². The molecule has 1 rings (SSSR count). The maximum atomic E-state index is 10.4. The molecule has 0 saturated heterocycles. The van der Waals surface area contributed by atoms with Crippen LogP contribution >= 0.6 is 0 Å². The van der Waals surface area contributed by atoms with E-state index < -0.39 is 5.60 Å². The molecule has 0 aromatic carbocycles. The normalized spacial score (nSPS) is 30.6. The third kappa shape index (κ3) is 4.81. The molecule has 0 spiro atoms. The molecular formula is C13H27NO2. The highest BCUT2D eigenvalue weighted by Gasteiger charge is 2.32. The Morgan fingerprint density at radius 3 is 2.62 bits per heavy atom. The second-order valence-electron chi connectivity index (χ2n) is 5.13. The van der Waals surface area contributed by atoms with Crippen LogP contribution < -0.4 is 5.32 Å². The van der Waals surface area contributed by atoms with Gasteiger partial charge in [-0.2, -0.15) is 0 Å². The van der Waals surface area contributed by atoms with E-state index >= 15 is 0 Å². The molecule has 0 unspecified atom stereocenters. The van der Waals surface area contributed by atoms with Crippen molar-refractivity contribution in [2.45, 2.75) is 51.0 Å². The molecule has 1 aliphatic carbocycles. The van der Waals surface area contributed by atoms with Crippen LogP contribution in [0.15, 0.2) is 0 Å². The minimum Gasteiger partial charge on any atom is -0.389 e. The second-order valence-corrected chi connectivity index (χ2v) is 5.13. The quantitative estimate of drug-likeness (QED) is 0.656. The zero-order valence-electron chi connectivity index (χ0n) is 10.8. The predicted molar refractivity (Wildman–Crippen MR) is 66.6 cm³/mol. The summed E-state index contributed by atoms with van der Waals surface area (Å²) in [6, 6.07) is 0. The molecule has 3 nitrogen and oxygen atoms in total. The molecule has 0 atom stereocenters. The van der Waals surface area contributed by atoms with E-state index in [2.05, 4.69) is 12.2 Å². The molecule has 0 aromatic rings. The molecule has 0 aromatic heterocycles. The maximum Gasteiger partial charge on any atom is 0.0771 e. The Balaban J connectivity index is 2.16.